The maximum atomic E-state index is 11.3. The molecule has 0 atom stereocenters. The molecule has 0 aromatic heterocycles. The van der Waals surface area contributed by atoms with Gasteiger partial charge in [-0.15, -0.1) is 0 Å². The van der Waals surface area contributed by atoms with Crippen molar-refractivity contribution in [2.45, 2.75) is 9.79 Å². The lowest BCUT2D eigenvalue weighted by Crippen LogP contribution is -2.00. The first-order valence-corrected chi connectivity index (χ1v) is 6.36. The zero-order valence-corrected chi connectivity index (χ0v) is 11.1. The van der Waals surface area contributed by atoms with E-state index < -0.39 is 0 Å². The van der Waals surface area contributed by atoms with Gasteiger partial charge >= 0.3 is 5.97 Å². The highest BCUT2D eigenvalue weighted by atomic mass is 32.2. The standard InChI is InChI=1S/C14H13NO3S/c1-18-14(17)9-2-5-11(6-3-9)19-13-7-4-10(15)8-12(13)16/h2-8,16H,15H2,1H3. The summed E-state index contributed by atoms with van der Waals surface area (Å²) in [5.74, 6) is -0.228. The lowest BCUT2D eigenvalue weighted by atomic mass is 10.2. The van der Waals surface area contributed by atoms with E-state index >= 15 is 0 Å². The van der Waals surface area contributed by atoms with Crippen molar-refractivity contribution in [3.05, 3.63) is 48.0 Å². The van der Waals surface area contributed by atoms with Crippen LogP contribution in [0.15, 0.2) is 52.3 Å². The molecule has 5 heteroatoms. The third kappa shape index (κ3) is 3.20. The van der Waals surface area contributed by atoms with Crippen LogP contribution in [0.2, 0.25) is 0 Å². The van der Waals surface area contributed by atoms with Gasteiger partial charge in [-0.2, -0.15) is 0 Å². The molecular weight excluding hydrogens is 262 g/mol. The van der Waals surface area contributed by atoms with E-state index in [9.17, 15) is 9.90 Å². The molecule has 0 spiro atoms. The van der Waals surface area contributed by atoms with Crippen molar-refractivity contribution in [3.8, 4) is 5.75 Å². The number of hydrogen-bond donors (Lipinski definition) is 2. The monoisotopic (exact) mass is 275 g/mol. The van der Waals surface area contributed by atoms with Crippen molar-refractivity contribution in [2.75, 3.05) is 12.8 Å². The number of hydrogen-bond acceptors (Lipinski definition) is 5. The SMILES string of the molecule is COC(=O)c1ccc(Sc2ccc(N)cc2O)cc1. The van der Waals surface area contributed by atoms with Crippen molar-refractivity contribution in [1.82, 2.24) is 0 Å². The summed E-state index contributed by atoms with van der Waals surface area (Å²) < 4.78 is 4.63. The van der Waals surface area contributed by atoms with Gasteiger partial charge < -0.3 is 15.6 Å². The molecule has 2 aromatic rings. The van der Waals surface area contributed by atoms with Gasteiger partial charge in [0.15, 0.2) is 0 Å². The van der Waals surface area contributed by atoms with Crippen LogP contribution in [-0.2, 0) is 4.74 Å². The number of carbonyl (C=O) groups is 1. The van der Waals surface area contributed by atoms with Gasteiger partial charge in [0.25, 0.3) is 0 Å². The quantitative estimate of drug-likeness (QED) is 0.665. The third-order valence-electron chi connectivity index (χ3n) is 2.49. The molecule has 0 heterocycles. The number of nitrogens with two attached hydrogens (primary N) is 1. The van der Waals surface area contributed by atoms with Crippen molar-refractivity contribution in [1.29, 1.82) is 0 Å². The molecule has 0 saturated carbocycles. The second-order valence-corrected chi connectivity index (χ2v) is 4.96. The third-order valence-corrected chi connectivity index (χ3v) is 3.56. The van der Waals surface area contributed by atoms with Gasteiger partial charge in [-0.1, -0.05) is 11.8 Å². The van der Waals surface area contributed by atoms with E-state index in [2.05, 4.69) is 4.74 Å². The molecule has 2 rings (SSSR count). The van der Waals surface area contributed by atoms with Crippen molar-refractivity contribution in [3.63, 3.8) is 0 Å². The Bertz CT molecular complexity index is 596. The fourth-order valence-corrected chi connectivity index (χ4v) is 2.35. The van der Waals surface area contributed by atoms with Crippen molar-refractivity contribution < 1.29 is 14.6 Å². The number of benzene rings is 2. The summed E-state index contributed by atoms with van der Waals surface area (Å²) in [5.41, 5.74) is 6.58. The number of carbonyl (C=O) groups excluding carboxylic acids is 1. The van der Waals surface area contributed by atoms with Gasteiger partial charge in [-0.25, -0.2) is 4.79 Å². The molecular formula is C14H13NO3S. The van der Waals surface area contributed by atoms with Gasteiger partial charge in [0.2, 0.25) is 0 Å². The summed E-state index contributed by atoms with van der Waals surface area (Å²) in [6.45, 7) is 0. The Morgan fingerprint density at radius 2 is 1.89 bits per heavy atom. The number of nitrogen functional groups attached to an aromatic ring is 1. The summed E-state index contributed by atoms with van der Waals surface area (Å²) in [7, 11) is 1.34. The van der Waals surface area contributed by atoms with Crippen LogP contribution < -0.4 is 5.73 Å². The molecule has 2 aromatic carbocycles. The van der Waals surface area contributed by atoms with E-state index in [0.717, 1.165) is 4.90 Å². The van der Waals surface area contributed by atoms with E-state index in [4.69, 9.17) is 5.73 Å². The molecule has 0 aliphatic carbocycles. The van der Waals surface area contributed by atoms with Crippen LogP contribution in [-0.4, -0.2) is 18.2 Å². The maximum Gasteiger partial charge on any atom is 0.337 e. The predicted octanol–water partition coefficient (Wildman–Crippen LogP) is 2.91. The smallest absolute Gasteiger partial charge is 0.337 e. The lowest BCUT2D eigenvalue weighted by Gasteiger charge is -2.06. The van der Waals surface area contributed by atoms with Gasteiger partial charge in [-0.3, -0.25) is 0 Å². The zero-order valence-electron chi connectivity index (χ0n) is 10.3. The van der Waals surface area contributed by atoms with Gasteiger partial charge in [-0.05, 0) is 36.4 Å². The first-order valence-electron chi connectivity index (χ1n) is 5.55. The highest BCUT2D eigenvalue weighted by Gasteiger charge is 2.07. The Morgan fingerprint density at radius 1 is 1.21 bits per heavy atom. The largest absolute Gasteiger partial charge is 0.507 e. The summed E-state index contributed by atoms with van der Waals surface area (Å²) in [6.07, 6.45) is 0. The molecule has 0 saturated heterocycles. The molecule has 0 radical (unpaired) electrons. The molecule has 0 aliphatic heterocycles. The van der Waals surface area contributed by atoms with Crippen LogP contribution in [0, 0.1) is 0 Å². The number of aromatic hydroxyl groups is 1. The van der Waals surface area contributed by atoms with Crippen LogP contribution in [0.5, 0.6) is 5.75 Å². The Balaban J connectivity index is 2.17. The maximum absolute atomic E-state index is 11.3. The first-order chi connectivity index (χ1) is 9.10. The summed E-state index contributed by atoms with van der Waals surface area (Å²) in [4.78, 5) is 12.9. The Kier molecular flexibility index (Phi) is 3.97. The minimum absolute atomic E-state index is 0.141. The number of phenols is 1. The Hall–Kier alpha value is -2.14. The predicted molar refractivity (Wildman–Crippen MR) is 74.4 cm³/mol. The van der Waals surface area contributed by atoms with Crippen LogP contribution in [0.1, 0.15) is 10.4 Å². The summed E-state index contributed by atoms with van der Waals surface area (Å²) in [5, 5.41) is 9.76. The first kappa shape index (κ1) is 13.3. The molecule has 0 fully saturated rings. The van der Waals surface area contributed by atoms with Crippen LogP contribution in [0.4, 0.5) is 5.69 Å². The molecule has 3 N–H and O–H groups in total. The minimum Gasteiger partial charge on any atom is -0.507 e. The molecule has 19 heavy (non-hydrogen) atoms. The lowest BCUT2D eigenvalue weighted by molar-refractivity contribution is 0.0600. The molecule has 0 amide bonds. The fourth-order valence-electron chi connectivity index (χ4n) is 1.52. The number of esters is 1. The summed E-state index contributed by atoms with van der Waals surface area (Å²) in [6, 6.07) is 11.9. The molecule has 0 unspecified atom stereocenters. The number of anilines is 1. The molecule has 0 bridgehead atoms. The van der Waals surface area contributed by atoms with E-state index in [1.807, 2.05) is 0 Å². The van der Waals surface area contributed by atoms with Crippen LogP contribution in [0.25, 0.3) is 0 Å². The second-order valence-electron chi connectivity index (χ2n) is 3.85. The highest BCUT2D eigenvalue weighted by Crippen LogP contribution is 2.35. The molecule has 4 nitrogen and oxygen atoms in total. The van der Waals surface area contributed by atoms with Crippen LogP contribution in [0.3, 0.4) is 0 Å². The topological polar surface area (TPSA) is 72.5 Å². The number of methoxy groups -OCH3 is 1. The number of phenolic OH excluding ortho intramolecular Hbond substituents is 1. The summed E-state index contributed by atoms with van der Waals surface area (Å²) >= 11 is 1.39. The van der Waals surface area contributed by atoms with Gasteiger partial charge in [0.1, 0.15) is 5.75 Å². The molecule has 98 valence electrons. The zero-order chi connectivity index (χ0) is 13.8. The van der Waals surface area contributed by atoms with E-state index in [-0.39, 0.29) is 11.7 Å². The van der Waals surface area contributed by atoms with E-state index in [1.165, 1.54) is 24.9 Å². The molecule has 0 aliphatic rings. The minimum atomic E-state index is -0.369. The van der Waals surface area contributed by atoms with Crippen molar-refractivity contribution >= 4 is 23.4 Å². The van der Waals surface area contributed by atoms with Gasteiger partial charge in [0.05, 0.1) is 17.6 Å². The van der Waals surface area contributed by atoms with Crippen molar-refractivity contribution in [2.24, 2.45) is 0 Å². The van der Waals surface area contributed by atoms with Gasteiger partial charge in [0, 0.05) is 16.6 Å². The highest BCUT2D eigenvalue weighted by molar-refractivity contribution is 7.99. The van der Waals surface area contributed by atoms with E-state index in [0.29, 0.717) is 16.1 Å². The normalized spacial score (nSPS) is 10.2. The number of ether oxygens (including phenoxy) is 1. The van der Waals surface area contributed by atoms with E-state index in [1.54, 1.807) is 36.4 Å². The Labute approximate surface area is 115 Å². The number of rotatable bonds is 3. The van der Waals surface area contributed by atoms with Crippen LogP contribution >= 0.6 is 11.8 Å². The fraction of sp³-hybridized carbons (Fsp3) is 0.0714. The second kappa shape index (κ2) is 5.67. The average molecular weight is 275 g/mol. The average Bonchev–Trinajstić information content (AvgIpc) is 2.42. The Morgan fingerprint density at radius 3 is 2.47 bits per heavy atom.